The maximum absolute atomic E-state index is 7.01. The van der Waals surface area contributed by atoms with Crippen LogP contribution < -0.4 is 5.73 Å². The summed E-state index contributed by atoms with van der Waals surface area (Å²) in [7, 11) is 0. The molecule has 7 unspecified atom stereocenters. The van der Waals surface area contributed by atoms with E-state index in [-0.39, 0.29) is 5.54 Å². The highest BCUT2D eigenvalue weighted by Crippen LogP contribution is 2.75. The van der Waals surface area contributed by atoms with Gasteiger partial charge in [0.15, 0.2) is 0 Å². The molecule has 1 heteroatoms. The van der Waals surface area contributed by atoms with Gasteiger partial charge in [0.05, 0.1) is 0 Å². The fourth-order valence-corrected chi connectivity index (χ4v) is 10.7. The summed E-state index contributed by atoms with van der Waals surface area (Å²) in [6.07, 6.45) is 18.9. The van der Waals surface area contributed by atoms with Crippen molar-refractivity contribution >= 4 is 0 Å². The molecule has 5 fully saturated rings. The number of fused-ring (bicyclic) bond motifs is 7. The monoisotopic (exact) mass is 413 g/mol. The van der Waals surface area contributed by atoms with Gasteiger partial charge in [0.1, 0.15) is 0 Å². The van der Waals surface area contributed by atoms with E-state index in [0.717, 1.165) is 23.7 Å². The Labute approximate surface area is 188 Å². The lowest BCUT2D eigenvalue weighted by atomic mass is 9.33. The van der Waals surface area contributed by atoms with Gasteiger partial charge in [0, 0.05) is 5.54 Å². The molecule has 8 atom stereocenters. The third-order valence-corrected chi connectivity index (χ3v) is 12.2. The van der Waals surface area contributed by atoms with E-state index in [9.17, 15) is 0 Å². The summed E-state index contributed by atoms with van der Waals surface area (Å²) in [5.74, 6) is 3.61. The van der Waals surface area contributed by atoms with Crippen LogP contribution in [0.25, 0.3) is 0 Å². The topological polar surface area (TPSA) is 26.0 Å². The molecule has 30 heavy (non-hydrogen) atoms. The summed E-state index contributed by atoms with van der Waals surface area (Å²) in [5.41, 5.74) is 9.41. The Morgan fingerprint density at radius 3 is 2.10 bits per heavy atom. The van der Waals surface area contributed by atoms with Gasteiger partial charge in [0.25, 0.3) is 0 Å². The Bertz CT molecular complexity index is 665. The van der Waals surface area contributed by atoms with Crippen molar-refractivity contribution in [2.45, 2.75) is 124 Å². The molecule has 0 saturated heterocycles. The van der Waals surface area contributed by atoms with Crippen molar-refractivity contribution < 1.29 is 0 Å². The molecular formula is C29H51N. The van der Waals surface area contributed by atoms with Gasteiger partial charge in [-0.25, -0.2) is 0 Å². The van der Waals surface area contributed by atoms with Gasteiger partial charge in [0.2, 0.25) is 0 Å². The largest absolute Gasteiger partial charge is 0.325 e. The highest BCUT2D eigenvalue weighted by Gasteiger charge is 2.68. The zero-order valence-electron chi connectivity index (χ0n) is 21.2. The molecule has 0 bridgehead atoms. The summed E-state index contributed by atoms with van der Waals surface area (Å²) in [5, 5.41) is 0. The van der Waals surface area contributed by atoms with Gasteiger partial charge in [-0.05, 0) is 116 Å². The van der Waals surface area contributed by atoms with Crippen molar-refractivity contribution in [3.63, 3.8) is 0 Å². The van der Waals surface area contributed by atoms with E-state index in [4.69, 9.17) is 5.73 Å². The molecule has 5 saturated carbocycles. The zero-order valence-corrected chi connectivity index (χ0v) is 21.2. The van der Waals surface area contributed by atoms with E-state index >= 15 is 0 Å². The van der Waals surface area contributed by atoms with Gasteiger partial charge >= 0.3 is 0 Å². The van der Waals surface area contributed by atoms with Gasteiger partial charge in [-0.2, -0.15) is 0 Å². The minimum absolute atomic E-state index is 0.196. The number of hydrogen-bond acceptors (Lipinski definition) is 1. The summed E-state index contributed by atoms with van der Waals surface area (Å²) in [4.78, 5) is 0. The zero-order chi connectivity index (χ0) is 22.0. The standard InChI is InChI=1S/C26H45N.C3H6/c1-22(2)12-7-13-23(3)20(22)11-15-25(5)21(23)10-9-18-19-8-6-14-26(19,27)17-16-24(18,25)4;1-3-2/h18-21H,6-17,27H2,1-5H3;3H,1H2,2H3/t18?,19?,20?,21?,23?,24-,25?,26?;/m1./s1. The third kappa shape index (κ3) is 2.96. The fourth-order valence-electron chi connectivity index (χ4n) is 10.7. The summed E-state index contributed by atoms with van der Waals surface area (Å²) < 4.78 is 0. The van der Waals surface area contributed by atoms with Gasteiger partial charge in [-0.3, -0.25) is 0 Å². The van der Waals surface area contributed by atoms with Crippen molar-refractivity contribution in [1.29, 1.82) is 0 Å². The molecule has 0 heterocycles. The van der Waals surface area contributed by atoms with E-state index in [1.807, 2.05) is 6.92 Å². The van der Waals surface area contributed by atoms with Gasteiger partial charge < -0.3 is 5.73 Å². The van der Waals surface area contributed by atoms with Gasteiger partial charge in [-0.15, -0.1) is 6.58 Å². The first-order valence-electron chi connectivity index (χ1n) is 13.3. The normalized spacial score (nSPS) is 53.8. The maximum Gasteiger partial charge on any atom is 0.0185 e. The molecule has 0 aliphatic heterocycles. The first-order chi connectivity index (χ1) is 14.0. The summed E-state index contributed by atoms with van der Waals surface area (Å²) in [6, 6.07) is 0. The Kier molecular flexibility index (Phi) is 5.61. The average Bonchev–Trinajstić information content (AvgIpc) is 3.04. The van der Waals surface area contributed by atoms with Crippen LogP contribution in [0.3, 0.4) is 0 Å². The number of hydrogen-bond donors (Lipinski definition) is 1. The second-order valence-corrected chi connectivity index (χ2v) is 13.7. The predicted octanol–water partition coefficient (Wildman–Crippen LogP) is 8.14. The minimum Gasteiger partial charge on any atom is -0.325 e. The molecule has 5 rings (SSSR count). The molecule has 1 nitrogen and oxygen atoms in total. The van der Waals surface area contributed by atoms with Crippen molar-refractivity contribution in [2.75, 3.05) is 0 Å². The second kappa shape index (κ2) is 7.36. The highest BCUT2D eigenvalue weighted by atomic mass is 14.8. The minimum atomic E-state index is 0.196. The Morgan fingerprint density at radius 1 is 0.700 bits per heavy atom. The van der Waals surface area contributed by atoms with Crippen LogP contribution in [0, 0.1) is 45.3 Å². The molecule has 5 aliphatic rings. The van der Waals surface area contributed by atoms with E-state index in [1.165, 1.54) is 77.0 Å². The lowest BCUT2D eigenvalue weighted by Gasteiger charge is -2.72. The smallest absolute Gasteiger partial charge is 0.0185 e. The lowest BCUT2D eigenvalue weighted by molar-refractivity contribution is -0.227. The number of allylic oxidation sites excluding steroid dienone is 1. The number of rotatable bonds is 0. The van der Waals surface area contributed by atoms with E-state index in [0.29, 0.717) is 21.7 Å². The molecule has 0 aromatic heterocycles. The molecule has 172 valence electrons. The molecule has 2 N–H and O–H groups in total. The highest BCUT2D eigenvalue weighted by molar-refractivity contribution is 5.19. The Balaban J connectivity index is 0.000000687. The lowest BCUT2D eigenvalue weighted by Crippen LogP contribution is -2.66. The van der Waals surface area contributed by atoms with Crippen LogP contribution >= 0.6 is 0 Å². The molecule has 0 aromatic carbocycles. The molecule has 0 radical (unpaired) electrons. The third-order valence-electron chi connectivity index (χ3n) is 12.2. The van der Waals surface area contributed by atoms with E-state index < -0.39 is 0 Å². The van der Waals surface area contributed by atoms with Crippen molar-refractivity contribution in [3.05, 3.63) is 12.7 Å². The van der Waals surface area contributed by atoms with Gasteiger partial charge in [-0.1, -0.05) is 53.5 Å². The van der Waals surface area contributed by atoms with Crippen LogP contribution in [0.2, 0.25) is 0 Å². The van der Waals surface area contributed by atoms with E-state index in [1.54, 1.807) is 6.08 Å². The molecular weight excluding hydrogens is 362 g/mol. The van der Waals surface area contributed by atoms with Crippen LogP contribution in [0.15, 0.2) is 12.7 Å². The predicted molar refractivity (Wildman–Crippen MR) is 130 cm³/mol. The first kappa shape index (κ1) is 22.9. The Morgan fingerprint density at radius 2 is 1.40 bits per heavy atom. The number of nitrogens with two attached hydrogens (primary N) is 1. The van der Waals surface area contributed by atoms with Crippen LogP contribution in [-0.4, -0.2) is 5.54 Å². The molecule has 5 aliphatic carbocycles. The summed E-state index contributed by atoms with van der Waals surface area (Å²) in [6.45, 7) is 18.7. The molecule has 0 amide bonds. The first-order valence-corrected chi connectivity index (χ1v) is 13.3. The Hall–Kier alpha value is -0.300. The van der Waals surface area contributed by atoms with Crippen LogP contribution in [0.5, 0.6) is 0 Å². The average molecular weight is 414 g/mol. The molecule has 0 spiro atoms. The van der Waals surface area contributed by atoms with Crippen LogP contribution in [0.4, 0.5) is 0 Å². The van der Waals surface area contributed by atoms with Crippen molar-refractivity contribution in [1.82, 2.24) is 0 Å². The van der Waals surface area contributed by atoms with Crippen molar-refractivity contribution in [3.8, 4) is 0 Å². The van der Waals surface area contributed by atoms with Crippen molar-refractivity contribution in [2.24, 2.45) is 51.1 Å². The fraction of sp³-hybridized carbons (Fsp3) is 0.931. The van der Waals surface area contributed by atoms with E-state index in [2.05, 4.69) is 41.2 Å². The van der Waals surface area contributed by atoms with Crippen LogP contribution in [-0.2, 0) is 0 Å². The molecule has 0 aromatic rings. The van der Waals surface area contributed by atoms with Crippen LogP contribution in [0.1, 0.15) is 119 Å². The second-order valence-electron chi connectivity index (χ2n) is 13.7. The SMILES string of the molecule is C=CC.CC1(C)CCCC2(C)C1CCC1(C)C2CCC2C3CCCC3(N)CC[C@]21C. The quantitative estimate of drug-likeness (QED) is 0.398. The maximum atomic E-state index is 7.01. The summed E-state index contributed by atoms with van der Waals surface area (Å²) >= 11 is 0.